The summed E-state index contributed by atoms with van der Waals surface area (Å²) in [4.78, 5) is 11.2. The first-order chi connectivity index (χ1) is 7.74. The van der Waals surface area contributed by atoms with E-state index in [1.54, 1.807) is 12.2 Å². The molecule has 80 valence electrons. The van der Waals surface area contributed by atoms with Gasteiger partial charge in [0.05, 0.1) is 23.2 Å². The first-order valence-corrected chi connectivity index (χ1v) is 5.07. The van der Waals surface area contributed by atoms with Crippen molar-refractivity contribution >= 4 is 11.7 Å². The zero-order valence-electron chi connectivity index (χ0n) is 8.47. The third-order valence-electron chi connectivity index (χ3n) is 3.18. The van der Waals surface area contributed by atoms with Crippen LogP contribution in [0.2, 0.25) is 0 Å². The van der Waals surface area contributed by atoms with Crippen molar-refractivity contribution in [2.45, 2.75) is 0 Å². The van der Waals surface area contributed by atoms with Crippen LogP contribution in [0.15, 0.2) is 52.7 Å². The number of hydrazone groups is 1. The molecule has 1 heterocycles. The van der Waals surface area contributed by atoms with Gasteiger partial charge in [-0.25, -0.2) is 4.79 Å². The monoisotopic (exact) mass is 214 g/mol. The Labute approximate surface area is 92.3 Å². The molecule has 0 saturated carbocycles. The SMILES string of the molecule is O=C(O)C1=CC=CC23CNN=C2C=CC=C13. The number of rotatable bonds is 1. The zero-order chi connectivity index (χ0) is 11.2. The summed E-state index contributed by atoms with van der Waals surface area (Å²) in [5.41, 5.74) is 4.61. The van der Waals surface area contributed by atoms with Crippen LogP contribution in [0.1, 0.15) is 0 Å². The van der Waals surface area contributed by atoms with Gasteiger partial charge in [-0.05, 0) is 17.7 Å². The zero-order valence-corrected chi connectivity index (χ0v) is 8.47. The first kappa shape index (κ1) is 9.15. The Hall–Kier alpha value is -2.10. The van der Waals surface area contributed by atoms with Gasteiger partial charge in [0.15, 0.2) is 0 Å². The van der Waals surface area contributed by atoms with Crippen LogP contribution in [0, 0.1) is 5.41 Å². The minimum absolute atomic E-state index is 0.350. The lowest BCUT2D eigenvalue weighted by Gasteiger charge is -2.32. The number of nitrogens with zero attached hydrogens (tertiary/aromatic N) is 1. The largest absolute Gasteiger partial charge is 0.478 e. The van der Waals surface area contributed by atoms with Crippen LogP contribution in [0.4, 0.5) is 0 Å². The van der Waals surface area contributed by atoms with E-state index in [2.05, 4.69) is 10.5 Å². The number of allylic oxidation sites excluding steroid dienone is 5. The van der Waals surface area contributed by atoms with Gasteiger partial charge in [0.25, 0.3) is 0 Å². The van der Waals surface area contributed by atoms with Crippen LogP contribution in [0.5, 0.6) is 0 Å². The Morgan fingerprint density at radius 1 is 1.44 bits per heavy atom. The summed E-state index contributed by atoms with van der Waals surface area (Å²) in [5, 5.41) is 13.4. The van der Waals surface area contributed by atoms with Gasteiger partial charge in [-0.2, -0.15) is 5.10 Å². The molecule has 0 aromatic heterocycles. The standard InChI is InChI=1S/C12H10N2O2/c15-11(16)8-3-2-6-12-7-13-14-10(12)5-1-4-9(8)12/h1-6,13H,7H2,(H,15,16). The van der Waals surface area contributed by atoms with Crippen molar-refractivity contribution in [1.82, 2.24) is 5.43 Å². The van der Waals surface area contributed by atoms with Crippen LogP contribution >= 0.6 is 0 Å². The molecule has 2 N–H and O–H groups in total. The second-order valence-electron chi connectivity index (χ2n) is 3.99. The molecule has 1 atom stereocenters. The molecule has 0 aromatic rings. The van der Waals surface area contributed by atoms with Gasteiger partial charge in [0.2, 0.25) is 0 Å². The van der Waals surface area contributed by atoms with E-state index in [1.165, 1.54) is 0 Å². The highest BCUT2D eigenvalue weighted by molar-refractivity contribution is 6.09. The molecule has 3 aliphatic rings. The predicted molar refractivity (Wildman–Crippen MR) is 60.0 cm³/mol. The second-order valence-corrected chi connectivity index (χ2v) is 3.99. The first-order valence-electron chi connectivity index (χ1n) is 5.07. The van der Waals surface area contributed by atoms with E-state index < -0.39 is 5.97 Å². The fourth-order valence-electron chi connectivity index (χ4n) is 2.39. The Bertz CT molecular complexity index is 523. The van der Waals surface area contributed by atoms with Crippen LogP contribution < -0.4 is 5.43 Å². The Morgan fingerprint density at radius 2 is 2.31 bits per heavy atom. The highest BCUT2D eigenvalue weighted by atomic mass is 16.4. The fourth-order valence-corrected chi connectivity index (χ4v) is 2.39. The maximum Gasteiger partial charge on any atom is 0.336 e. The van der Waals surface area contributed by atoms with E-state index in [4.69, 9.17) is 5.11 Å². The Kier molecular flexibility index (Phi) is 1.68. The molecule has 4 nitrogen and oxygen atoms in total. The average Bonchev–Trinajstić information content (AvgIpc) is 2.69. The minimum Gasteiger partial charge on any atom is -0.478 e. The molecule has 0 aromatic carbocycles. The van der Waals surface area contributed by atoms with E-state index in [1.807, 2.05) is 24.3 Å². The fraction of sp³-hybridized carbons (Fsp3) is 0.167. The maximum atomic E-state index is 11.2. The summed E-state index contributed by atoms with van der Waals surface area (Å²) in [5.74, 6) is -0.892. The van der Waals surface area contributed by atoms with Gasteiger partial charge in [0, 0.05) is 0 Å². The molecule has 2 aliphatic carbocycles. The normalized spacial score (nSPS) is 29.6. The molecule has 1 aliphatic heterocycles. The predicted octanol–water partition coefficient (Wildman–Crippen LogP) is 1.01. The molecule has 1 spiro atoms. The van der Waals surface area contributed by atoms with Gasteiger partial charge in [-0.3, -0.25) is 0 Å². The second kappa shape index (κ2) is 2.95. The molecular weight excluding hydrogens is 204 g/mol. The highest BCUT2D eigenvalue weighted by Gasteiger charge is 2.44. The van der Waals surface area contributed by atoms with Crippen molar-refractivity contribution in [3.8, 4) is 0 Å². The number of carboxylic acids is 1. The van der Waals surface area contributed by atoms with E-state index in [9.17, 15) is 4.79 Å². The third kappa shape index (κ3) is 0.984. The van der Waals surface area contributed by atoms with Gasteiger partial charge in [-0.1, -0.05) is 24.3 Å². The maximum absolute atomic E-state index is 11.2. The lowest BCUT2D eigenvalue weighted by atomic mass is 9.69. The number of nitrogens with one attached hydrogen (secondary N) is 1. The topological polar surface area (TPSA) is 61.7 Å². The Balaban J connectivity index is 2.19. The summed E-state index contributed by atoms with van der Waals surface area (Å²) in [6.45, 7) is 0.625. The van der Waals surface area contributed by atoms with Crippen molar-refractivity contribution in [2.75, 3.05) is 6.54 Å². The molecule has 0 bridgehead atoms. The van der Waals surface area contributed by atoms with Crippen molar-refractivity contribution in [3.05, 3.63) is 47.6 Å². The van der Waals surface area contributed by atoms with Crippen molar-refractivity contribution < 1.29 is 9.90 Å². The van der Waals surface area contributed by atoms with E-state index in [-0.39, 0.29) is 5.41 Å². The van der Waals surface area contributed by atoms with Gasteiger partial charge in [-0.15, -0.1) is 0 Å². The van der Waals surface area contributed by atoms with Crippen molar-refractivity contribution in [2.24, 2.45) is 10.5 Å². The summed E-state index contributed by atoms with van der Waals surface area (Å²) < 4.78 is 0. The minimum atomic E-state index is -0.892. The Morgan fingerprint density at radius 3 is 3.12 bits per heavy atom. The molecule has 0 radical (unpaired) electrons. The van der Waals surface area contributed by atoms with Crippen molar-refractivity contribution in [3.63, 3.8) is 0 Å². The molecule has 4 heteroatoms. The lowest BCUT2D eigenvalue weighted by Crippen LogP contribution is -2.36. The molecule has 16 heavy (non-hydrogen) atoms. The van der Waals surface area contributed by atoms with E-state index in [0.717, 1.165) is 11.3 Å². The van der Waals surface area contributed by atoms with Gasteiger partial charge < -0.3 is 10.5 Å². The number of aliphatic carboxylic acids is 1. The third-order valence-corrected chi connectivity index (χ3v) is 3.18. The average molecular weight is 214 g/mol. The van der Waals surface area contributed by atoms with Gasteiger partial charge >= 0.3 is 5.97 Å². The van der Waals surface area contributed by atoms with E-state index >= 15 is 0 Å². The van der Waals surface area contributed by atoms with Crippen LogP contribution in [0.25, 0.3) is 0 Å². The molecule has 0 saturated heterocycles. The quantitative estimate of drug-likeness (QED) is 0.684. The summed E-state index contributed by atoms with van der Waals surface area (Å²) in [7, 11) is 0. The van der Waals surface area contributed by atoms with Crippen LogP contribution in [0.3, 0.4) is 0 Å². The number of hydrogen-bond acceptors (Lipinski definition) is 3. The molecule has 0 amide bonds. The smallest absolute Gasteiger partial charge is 0.336 e. The highest BCUT2D eigenvalue weighted by Crippen LogP contribution is 2.42. The summed E-state index contributed by atoms with van der Waals surface area (Å²) in [6.07, 6.45) is 11.0. The molecular formula is C12H10N2O2. The molecule has 3 rings (SSSR count). The van der Waals surface area contributed by atoms with Crippen molar-refractivity contribution in [1.29, 1.82) is 0 Å². The summed E-state index contributed by atoms with van der Waals surface area (Å²) >= 11 is 0. The van der Waals surface area contributed by atoms with E-state index in [0.29, 0.717) is 12.1 Å². The lowest BCUT2D eigenvalue weighted by molar-refractivity contribution is -0.132. The van der Waals surface area contributed by atoms with Crippen LogP contribution in [-0.2, 0) is 4.79 Å². The summed E-state index contributed by atoms with van der Waals surface area (Å²) in [6, 6.07) is 0. The van der Waals surface area contributed by atoms with Gasteiger partial charge in [0.1, 0.15) is 0 Å². The number of carbonyl (C=O) groups is 1. The van der Waals surface area contributed by atoms with Crippen LogP contribution in [-0.4, -0.2) is 23.3 Å². The molecule has 0 fully saturated rings. The number of hydrogen-bond donors (Lipinski definition) is 2. The number of carboxylic acid groups (broad SMARTS) is 1. The molecule has 1 unspecified atom stereocenters.